The fourth-order valence-corrected chi connectivity index (χ4v) is 5.39. The zero-order valence-electron chi connectivity index (χ0n) is 15.9. The van der Waals surface area contributed by atoms with Gasteiger partial charge < -0.3 is 0 Å². The molecule has 0 fully saturated rings. The van der Waals surface area contributed by atoms with Crippen molar-refractivity contribution >= 4 is 33.0 Å². The maximum absolute atomic E-state index is 4.57. The zero-order chi connectivity index (χ0) is 18.2. The van der Waals surface area contributed by atoms with Gasteiger partial charge in [-0.15, -0.1) is 31.7 Å². The van der Waals surface area contributed by atoms with Gasteiger partial charge in [-0.05, 0) is 32.9 Å². The van der Waals surface area contributed by atoms with Crippen LogP contribution in [0.15, 0.2) is 0 Å². The predicted octanol–water partition coefficient (Wildman–Crippen LogP) is 2.88. The number of fused-ring (bicyclic) bond motifs is 8. The molecule has 0 spiro atoms. The first-order valence-electron chi connectivity index (χ1n) is 9.21. The lowest BCUT2D eigenvalue weighted by molar-refractivity contribution is 0.136. The first-order valence-corrected chi connectivity index (χ1v) is 10.0. The van der Waals surface area contributed by atoms with Gasteiger partial charge in [-0.1, -0.05) is 13.8 Å². The molecule has 4 aromatic rings. The lowest BCUT2D eigenvalue weighted by atomic mass is 9.88. The quantitative estimate of drug-likeness (QED) is 0.544. The minimum absolute atomic E-state index is 0.126. The Bertz CT molecular complexity index is 1160. The van der Waals surface area contributed by atoms with Crippen LogP contribution < -0.4 is 0 Å². The molecule has 0 aliphatic carbocycles. The molecule has 0 bridgehead atoms. The van der Waals surface area contributed by atoms with Crippen LogP contribution in [0.1, 0.15) is 49.8 Å². The maximum Gasteiger partial charge on any atom is 0.244 e. The zero-order valence-corrected chi connectivity index (χ0v) is 16.7. The monoisotopic (exact) mass is 369 g/mol. The minimum Gasteiger partial charge on any atom is -0.296 e. The second-order valence-electron chi connectivity index (χ2n) is 7.76. The summed E-state index contributed by atoms with van der Waals surface area (Å²) in [5.74, 6) is 2.76. The first-order chi connectivity index (χ1) is 12.5. The molecule has 0 radical (unpaired) electrons. The van der Waals surface area contributed by atoms with Crippen LogP contribution in [0.25, 0.3) is 21.6 Å². The molecule has 1 aliphatic heterocycles. The highest BCUT2D eigenvalue weighted by Gasteiger charge is 2.34. The summed E-state index contributed by atoms with van der Waals surface area (Å²) in [7, 11) is 2.21. The van der Waals surface area contributed by atoms with E-state index in [2.05, 4.69) is 68.8 Å². The summed E-state index contributed by atoms with van der Waals surface area (Å²) in [6.45, 7) is 9.83. The summed E-state index contributed by atoms with van der Waals surface area (Å²) in [5, 5.41) is 19.2. The Kier molecular flexibility index (Phi) is 3.25. The molecule has 0 saturated carbocycles. The van der Waals surface area contributed by atoms with E-state index < -0.39 is 0 Å². The van der Waals surface area contributed by atoms with E-state index in [-0.39, 0.29) is 5.54 Å². The summed E-state index contributed by atoms with van der Waals surface area (Å²) in [6, 6.07) is 0. The van der Waals surface area contributed by atoms with Crippen molar-refractivity contribution in [1.29, 1.82) is 0 Å². The van der Waals surface area contributed by atoms with Crippen molar-refractivity contribution in [2.75, 3.05) is 7.05 Å². The van der Waals surface area contributed by atoms with Crippen molar-refractivity contribution in [2.45, 2.75) is 59.0 Å². The number of likely N-dealkylation sites (N-methyl/N-ethyl adjacent to an activating group) is 1. The van der Waals surface area contributed by atoms with Gasteiger partial charge in [0.1, 0.15) is 16.5 Å². The standard InChI is InChI=1S/C18H23N7S/c1-6-12-19-21-15-14-10-8-18(3,4)23(5)9-11(10)26-16(14)25-13(7-2)20-22-17(25)24(12)15/h6-9H2,1-5H3. The number of aryl methyl sites for hydroxylation is 2. The van der Waals surface area contributed by atoms with Gasteiger partial charge >= 0.3 is 0 Å². The maximum atomic E-state index is 4.57. The van der Waals surface area contributed by atoms with Crippen LogP contribution in [-0.4, -0.2) is 46.7 Å². The number of hydrogen-bond donors (Lipinski definition) is 0. The minimum atomic E-state index is 0.126. The van der Waals surface area contributed by atoms with Crippen molar-refractivity contribution in [3.63, 3.8) is 0 Å². The van der Waals surface area contributed by atoms with Crippen molar-refractivity contribution in [3.8, 4) is 0 Å². The Morgan fingerprint density at radius 2 is 1.69 bits per heavy atom. The molecule has 0 saturated heterocycles. The molecule has 1 aliphatic rings. The largest absolute Gasteiger partial charge is 0.296 e. The highest BCUT2D eigenvalue weighted by molar-refractivity contribution is 7.19. The Labute approximate surface area is 155 Å². The van der Waals surface area contributed by atoms with Gasteiger partial charge in [0.15, 0.2) is 5.65 Å². The summed E-state index contributed by atoms with van der Waals surface area (Å²) in [4.78, 5) is 5.07. The average Bonchev–Trinajstić information content (AvgIpc) is 3.28. The third-order valence-corrected chi connectivity index (χ3v) is 7.00. The fraction of sp³-hybridized carbons (Fsp3) is 0.556. The number of rotatable bonds is 2. The fourth-order valence-electron chi connectivity index (χ4n) is 4.00. The molecule has 0 aromatic carbocycles. The van der Waals surface area contributed by atoms with Crippen LogP contribution >= 0.6 is 11.3 Å². The molecule has 4 aromatic heterocycles. The van der Waals surface area contributed by atoms with E-state index in [0.29, 0.717) is 0 Å². The van der Waals surface area contributed by atoms with Crippen LogP contribution in [0.4, 0.5) is 0 Å². The Morgan fingerprint density at radius 1 is 1.00 bits per heavy atom. The van der Waals surface area contributed by atoms with E-state index in [0.717, 1.165) is 48.9 Å². The van der Waals surface area contributed by atoms with E-state index in [1.807, 2.05) is 11.3 Å². The predicted molar refractivity (Wildman–Crippen MR) is 103 cm³/mol. The van der Waals surface area contributed by atoms with E-state index >= 15 is 0 Å². The number of nitrogens with zero attached hydrogens (tertiary/aromatic N) is 7. The van der Waals surface area contributed by atoms with E-state index in [1.54, 1.807) is 0 Å². The van der Waals surface area contributed by atoms with Gasteiger partial charge in [0.05, 0.1) is 5.39 Å². The van der Waals surface area contributed by atoms with Gasteiger partial charge in [-0.2, -0.15) is 0 Å². The Morgan fingerprint density at radius 3 is 2.42 bits per heavy atom. The van der Waals surface area contributed by atoms with Gasteiger partial charge in [0, 0.05) is 29.8 Å². The number of aromatic nitrogens is 6. The molecule has 8 heteroatoms. The summed E-state index contributed by atoms with van der Waals surface area (Å²) in [6.07, 6.45) is 2.68. The van der Waals surface area contributed by atoms with Crippen LogP contribution in [0.5, 0.6) is 0 Å². The van der Waals surface area contributed by atoms with Crippen molar-refractivity contribution in [2.24, 2.45) is 0 Å². The Balaban J connectivity index is 2.00. The second-order valence-corrected chi connectivity index (χ2v) is 8.85. The van der Waals surface area contributed by atoms with E-state index in [1.165, 1.54) is 20.7 Å². The molecule has 26 heavy (non-hydrogen) atoms. The second kappa shape index (κ2) is 5.23. The third-order valence-electron chi connectivity index (χ3n) is 5.80. The summed E-state index contributed by atoms with van der Waals surface area (Å²) in [5.41, 5.74) is 2.48. The van der Waals surface area contributed by atoms with E-state index in [4.69, 9.17) is 0 Å². The highest BCUT2D eigenvalue weighted by Crippen LogP contribution is 2.41. The number of thiophene rings is 1. The molecule has 7 nitrogen and oxygen atoms in total. The lowest BCUT2D eigenvalue weighted by Crippen LogP contribution is -2.45. The summed E-state index contributed by atoms with van der Waals surface area (Å²) < 4.78 is 4.33. The van der Waals surface area contributed by atoms with E-state index in [9.17, 15) is 0 Å². The van der Waals surface area contributed by atoms with Gasteiger partial charge in [0.2, 0.25) is 5.78 Å². The van der Waals surface area contributed by atoms with Gasteiger partial charge in [-0.25, -0.2) is 4.40 Å². The van der Waals surface area contributed by atoms with Crippen LogP contribution in [-0.2, 0) is 25.8 Å². The molecule has 5 heterocycles. The van der Waals surface area contributed by atoms with Crippen molar-refractivity contribution in [1.82, 2.24) is 34.1 Å². The molecule has 0 unspecified atom stereocenters. The average molecular weight is 369 g/mol. The number of hydrogen-bond acceptors (Lipinski definition) is 6. The molecular formula is C18H23N7S. The smallest absolute Gasteiger partial charge is 0.244 e. The van der Waals surface area contributed by atoms with Gasteiger partial charge in [-0.3, -0.25) is 9.30 Å². The highest BCUT2D eigenvalue weighted by atomic mass is 32.1. The third kappa shape index (κ3) is 1.91. The SMILES string of the molecule is CCc1nnc2c3c4c(sc3n3c(CC)nnc3n12)CN(C)C(C)(C)C4. The van der Waals surface area contributed by atoms with Crippen LogP contribution in [0, 0.1) is 0 Å². The molecular weight excluding hydrogens is 346 g/mol. The van der Waals surface area contributed by atoms with Crippen molar-refractivity contribution in [3.05, 3.63) is 22.1 Å². The summed E-state index contributed by atoms with van der Waals surface area (Å²) >= 11 is 1.86. The van der Waals surface area contributed by atoms with Crippen molar-refractivity contribution < 1.29 is 0 Å². The first kappa shape index (κ1) is 16.1. The molecule has 0 amide bonds. The Hall–Kier alpha value is -2.06. The van der Waals surface area contributed by atoms with Crippen LogP contribution in [0.2, 0.25) is 0 Å². The lowest BCUT2D eigenvalue weighted by Gasteiger charge is -2.39. The van der Waals surface area contributed by atoms with Gasteiger partial charge in [0.25, 0.3) is 0 Å². The normalized spacial score (nSPS) is 17.6. The molecule has 0 atom stereocenters. The molecule has 0 N–H and O–H groups in total. The molecule has 5 rings (SSSR count). The topological polar surface area (TPSA) is 63.6 Å². The molecule has 136 valence electrons. The van der Waals surface area contributed by atoms with Crippen LogP contribution in [0.3, 0.4) is 0 Å².